The largest absolute Gasteiger partial charge is 0.481 e. The van der Waals surface area contributed by atoms with Gasteiger partial charge in [0, 0.05) is 30.5 Å². The van der Waals surface area contributed by atoms with Gasteiger partial charge in [0.2, 0.25) is 0 Å². The number of carboxylic acid groups (broad SMARTS) is 1. The quantitative estimate of drug-likeness (QED) is 0.589. The highest BCUT2D eigenvalue weighted by molar-refractivity contribution is 5.69. The molecule has 0 amide bonds. The summed E-state index contributed by atoms with van der Waals surface area (Å²) in [7, 11) is 0. The predicted octanol–water partition coefficient (Wildman–Crippen LogP) is 5.05. The monoisotopic (exact) mass is 421 g/mol. The number of anilines is 2. The van der Waals surface area contributed by atoms with Crippen molar-refractivity contribution in [3.63, 3.8) is 0 Å². The summed E-state index contributed by atoms with van der Waals surface area (Å²) in [6.45, 7) is 7.49. The van der Waals surface area contributed by atoms with Crippen molar-refractivity contribution >= 4 is 17.3 Å². The molecule has 0 bridgehead atoms. The number of nitriles is 1. The van der Waals surface area contributed by atoms with Crippen LogP contribution in [0.3, 0.4) is 0 Å². The lowest BCUT2D eigenvalue weighted by atomic mass is 9.90. The van der Waals surface area contributed by atoms with Crippen LogP contribution in [0.15, 0.2) is 42.5 Å². The van der Waals surface area contributed by atoms with Gasteiger partial charge in [-0.3, -0.25) is 9.69 Å². The van der Waals surface area contributed by atoms with Crippen LogP contribution in [-0.4, -0.2) is 42.3 Å². The summed E-state index contributed by atoms with van der Waals surface area (Å²) in [4.78, 5) is 13.8. The Kier molecular flexibility index (Phi) is 8.05. The fourth-order valence-corrected chi connectivity index (χ4v) is 4.28. The van der Waals surface area contributed by atoms with Crippen molar-refractivity contribution in [3.05, 3.63) is 59.2 Å². The Morgan fingerprint density at radius 3 is 2.45 bits per heavy atom. The van der Waals surface area contributed by atoms with E-state index in [1.54, 1.807) is 12.1 Å². The number of aliphatic carboxylic acids is 1. The average Bonchev–Trinajstić information content (AvgIpc) is 2.80. The molecule has 1 heterocycles. The lowest BCUT2D eigenvalue weighted by Crippen LogP contribution is -2.39. The van der Waals surface area contributed by atoms with E-state index in [2.05, 4.69) is 41.4 Å². The first-order valence-electron chi connectivity index (χ1n) is 11.0. The van der Waals surface area contributed by atoms with E-state index in [0.717, 1.165) is 56.1 Å². The van der Waals surface area contributed by atoms with Crippen molar-refractivity contribution in [2.75, 3.05) is 31.6 Å². The molecule has 2 N–H and O–H groups in total. The second-order valence-corrected chi connectivity index (χ2v) is 7.94. The van der Waals surface area contributed by atoms with E-state index >= 15 is 0 Å². The van der Waals surface area contributed by atoms with Gasteiger partial charge in [0.05, 0.1) is 31.3 Å². The highest BCUT2D eigenvalue weighted by Gasteiger charge is 2.24. The van der Waals surface area contributed by atoms with E-state index in [1.807, 2.05) is 19.1 Å². The number of morpholine rings is 1. The van der Waals surface area contributed by atoms with Crippen molar-refractivity contribution in [1.82, 2.24) is 4.90 Å². The molecule has 6 nitrogen and oxygen atoms in total. The number of hydrogen-bond acceptors (Lipinski definition) is 5. The highest BCUT2D eigenvalue weighted by Crippen LogP contribution is 2.36. The maximum atomic E-state index is 11.3. The minimum atomic E-state index is -0.780. The highest BCUT2D eigenvalue weighted by atomic mass is 16.5. The van der Waals surface area contributed by atoms with E-state index in [-0.39, 0.29) is 18.4 Å². The molecule has 1 saturated heterocycles. The lowest BCUT2D eigenvalue weighted by Gasteiger charge is -2.35. The van der Waals surface area contributed by atoms with Gasteiger partial charge >= 0.3 is 5.97 Å². The number of ether oxygens (including phenoxy) is 1. The predicted molar refractivity (Wildman–Crippen MR) is 122 cm³/mol. The smallest absolute Gasteiger partial charge is 0.303 e. The fraction of sp³-hybridized carbons (Fsp3) is 0.440. The van der Waals surface area contributed by atoms with E-state index in [0.29, 0.717) is 5.56 Å². The molecule has 0 aromatic heterocycles. The van der Waals surface area contributed by atoms with Crippen LogP contribution in [0.4, 0.5) is 11.4 Å². The van der Waals surface area contributed by atoms with Gasteiger partial charge in [-0.2, -0.15) is 5.26 Å². The Morgan fingerprint density at radius 2 is 1.87 bits per heavy atom. The number of rotatable bonds is 9. The van der Waals surface area contributed by atoms with Crippen LogP contribution in [0.1, 0.15) is 61.8 Å². The molecule has 2 atom stereocenters. The molecular formula is C25H31N3O3. The molecule has 1 aliphatic rings. The molecular weight excluding hydrogens is 390 g/mol. The first-order valence-corrected chi connectivity index (χ1v) is 11.0. The third-order valence-corrected chi connectivity index (χ3v) is 5.99. The standard InChI is InChI=1S/C25H31N3O3/c1-3-19(16-25(29)30)20-7-10-22(24(4-2)28-11-13-31-14-12-28)23(15-20)27-21-8-5-18(17-26)6-9-21/h5-10,15,19,24,27H,3-4,11-14,16H2,1-2H3,(H,29,30). The van der Waals surface area contributed by atoms with E-state index in [9.17, 15) is 9.90 Å². The normalized spacial score (nSPS) is 16.3. The van der Waals surface area contributed by atoms with Crippen LogP contribution in [0.25, 0.3) is 0 Å². The van der Waals surface area contributed by atoms with Crippen LogP contribution >= 0.6 is 0 Å². The van der Waals surface area contributed by atoms with Crippen molar-refractivity contribution < 1.29 is 14.6 Å². The molecule has 2 unspecified atom stereocenters. The van der Waals surface area contributed by atoms with Gasteiger partial charge < -0.3 is 15.2 Å². The Labute approximate surface area is 184 Å². The van der Waals surface area contributed by atoms with Crippen LogP contribution in [-0.2, 0) is 9.53 Å². The Hall–Kier alpha value is -2.88. The van der Waals surface area contributed by atoms with Gasteiger partial charge in [-0.05, 0) is 60.2 Å². The molecule has 0 spiro atoms. The Bertz CT molecular complexity index is 915. The zero-order valence-electron chi connectivity index (χ0n) is 18.3. The minimum Gasteiger partial charge on any atom is -0.481 e. The van der Waals surface area contributed by atoms with Crippen LogP contribution in [0, 0.1) is 11.3 Å². The first-order chi connectivity index (χ1) is 15.0. The van der Waals surface area contributed by atoms with Gasteiger partial charge in [-0.15, -0.1) is 0 Å². The zero-order valence-corrected chi connectivity index (χ0v) is 18.3. The topological polar surface area (TPSA) is 85.6 Å². The van der Waals surface area contributed by atoms with Gasteiger partial charge in [-0.1, -0.05) is 26.0 Å². The molecule has 0 radical (unpaired) electrons. The summed E-state index contributed by atoms with van der Waals surface area (Å²) in [5.41, 5.74) is 4.74. The van der Waals surface area contributed by atoms with Crippen molar-refractivity contribution in [2.24, 2.45) is 0 Å². The number of nitrogens with one attached hydrogen (secondary N) is 1. The zero-order chi connectivity index (χ0) is 22.2. The summed E-state index contributed by atoms with van der Waals surface area (Å²) in [5.74, 6) is -0.811. The summed E-state index contributed by atoms with van der Waals surface area (Å²) in [5, 5.41) is 21.9. The number of carboxylic acids is 1. The molecule has 164 valence electrons. The molecule has 2 aromatic rings. The fourth-order valence-electron chi connectivity index (χ4n) is 4.28. The van der Waals surface area contributed by atoms with Crippen LogP contribution in [0.5, 0.6) is 0 Å². The molecule has 1 aliphatic heterocycles. The van der Waals surface area contributed by atoms with Crippen molar-refractivity contribution in [1.29, 1.82) is 5.26 Å². The van der Waals surface area contributed by atoms with E-state index < -0.39 is 5.97 Å². The van der Waals surface area contributed by atoms with Gasteiger partial charge in [0.25, 0.3) is 0 Å². The maximum Gasteiger partial charge on any atom is 0.303 e. The van der Waals surface area contributed by atoms with Crippen LogP contribution in [0.2, 0.25) is 0 Å². The third kappa shape index (κ3) is 5.84. The Balaban J connectivity index is 1.99. The Morgan fingerprint density at radius 1 is 1.16 bits per heavy atom. The number of carbonyl (C=O) groups is 1. The first kappa shape index (κ1) is 22.8. The van der Waals surface area contributed by atoms with Crippen molar-refractivity contribution in [3.8, 4) is 6.07 Å². The minimum absolute atomic E-state index is 0.0310. The third-order valence-electron chi connectivity index (χ3n) is 5.99. The number of nitrogens with zero attached hydrogens (tertiary/aromatic N) is 2. The molecule has 3 rings (SSSR count). The maximum absolute atomic E-state index is 11.3. The van der Waals surface area contributed by atoms with Crippen molar-refractivity contribution in [2.45, 2.75) is 45.1 Å². The van der Waals surface area contributed by atoms with Gasteiger partial charge in [-0.25, -0.2) is 0 Å². The number of hydrogen-bond donors (Lipinski definition) is 2. The van der Waals surface area contributed by atoms with Crippen LogP contribution < -0.4 is 5.32 Å². The number of benzene rings is 2. The molecule has 0 aliphatic carbocycles. The van der Waals surface area contributed by atoms with E-state index in [4.69, 9.17) is 10.00 Å². The SMILES string of the molecule is CCC(CC(=O)O)c1ccc(C(CC)N2CCOCC2)c(Nc2ccc(C#N)cc2)c1. The second kappa shape index (κ2) is 10.9. The summed E-state index contributed by atoms with van der Waals surface area (Å²) < 4.78 is 5.54. The van der Waals surface area contributed by atoms with Gasteiger partial charge in [0.1, 0.15) is 0 Å². The second-order valence-electron chi connectivity index (χ2n) is 7.94. The summed E-state index contributed by atoms with van der Waals surface area (Å²) in [6, 6.07) is 16.1. The van der Waals surface area contributed by atoms with Gasteiger partial charge in [0.15, 0.2) is 0 Å². The molecule has 1 fully saturated rings. The summed E-state index contributed by atoms with van der Waals surface area (Å²) in [6.07, 6.45) is 1.85. The lowest BCUT2D eigenvalue weighted by molar-refractivity contribution is -0.137. The molecule has 31 heavy (non-hydrogen) atoms. The molecule has 0 saturated carbocycles. The van der Waals surface area contributed by atoms with E-state index in [1.165, 1.54) is 5.56 Å². The molecule has 6 heteroatoms. The average molecular weight is 422 g/mol. The molecule has 2 aromatic carbocycles. The summed E-state index contributed by atoms with van der Waals surface area (Å²) >= 11 is 0.